The highest BCUT2D eigenvalue weighted by Gasteiger charge is 2.46. The van der Waals surface area contributed by atoms with Gasteiger partial charge in [-0.1, -0.05) is 121 Å². The van der Waals surface area contributed by atoms with E-state index in [4.69, 9.17) is 23.7 Å². The molecule has 0 radical (unpaired) electrons. The van der Waals surface area contributed by atoms with Gasteiger partial charge in [0, 0.05) is 0 Å². The molecule has 0 N–H and O–H groups in total. The zero-order chi connectivity index (χ0) is 27.4. The molecule has 1 saturated heterocycles. The Morgan fingerprint density at radius 1 is 0.475 bits per heavy atom. The van der Waals surface area contributed by atoms with Gasteiger partial charge in [0.05, 0.1) is 39.1 Å². The summed E-state index contributed by atoms with van der Waals surface area (Å²) in [7, 11) is 0. The Labute approximate surface area is 237 Å². The maximum atomic E-state index is 6.65. The van der Waals surface area contributed by atoms with E-state index in [9.17, 15) is 0 Å². The molecule has 4 aromatic rings. The lowest BCUT2D eigenvalue weighted by Gasteiger charge is -2.45. The van der Waals surface area contributed by atoms with Crippen molar-refractivity contribution in [2.24, 2.45) is 0 Å². The highest BCUT2D eigenvalue weighted by molar-refractivity contribution is 5.16. The molecule has 1 fully saturated rings. The van der Waals surface area contributed by atoms with E-state index in [1.165, 1.54) is 0 Å². The van der Waals surface area contributed by atoms with Gasteiger partial charge in [0.1, 0.15) is 24.4 Å². The van der Waals surface area contributed by atoms with E-state index in [-0.39, 0.29) is 24.4 Å². The number of hydrogen-bond acceptors (Lipinski definition) is 5. The minimum absolute atomic E-state index is 0.216. The van der Waals surface area contributed by atoms with E-state index in [1.807, 2.05) is 79.7 Å². The van der Waals surface area contributed by atoms with Gasteiger partial charge in [0.2, 0.25) is 0 Å². The van der Waals surface area contributed by atoms with Gasteiger partial charge in [-0.15, -0.1) is 0 Å². The SMILES string of the molecule is CC1O[C@H](COCc2ccccc2)[C@H](OCc2ccccc2)[C@H](OCc2ccccc2)[C@H]1OCc1ccccc1. The van der Waals surface area contributed by atoms with Gasteiger partial charge in [-0.05, 0) is 29.2 Å². The second-order valence-corrected chi connectivity index (χ2v) is 10.2. The summed E-state index contributed by atoms with van der Waals surface area (Å²) in [4.78, 5) is 0. The van der Waals surface area contributed by atoms with Crippen molar-refractivity contribution in [3.05, 3.63) is 144 Å². The summed E-state index contributed by atoms with van der Waals surface area (Å²) in [6.07, 6.45) is -1.61. The number of rotatable bonds is 13. The van der Waals surface area contributed by atoms with Crippen molar-refractivity contribution < 1.29 is 23.7 Å². The van der Waals surface area contributed by atoms with Crippen molar-refractivity contribution in [3.8, 4) is 0 Å². The predicted octanol–water partition coefficient (Wildman–Crippen LogP) is 6.75. The van der Waals surface area contributed by atoms with Gasteiger partial charge in [0.15, 0.2) is 0 Å². The van der Waals surface area contributed by atoms with Crippen LogP contribution in [0.2, 0.25) is 0 Å². The van der Waals surface area contributed by atoms with Gasteiger partial charge in [-0.25, -0.2) is 0 Å². The smallest absolute Gasteiger partial charge is 0.115 e. The monoisotopic (exact) mass is 538 g/mol. The Morgan fingerprint density at radius 2 is 0.850 bits per heavy atom. The van der Waals surface area contributed by atoms with Crippen molar-refractivity contribution in [2.45, 2.75) is 63.9 Å². The van der Waals surface area contributed by atoms with Crippen LogP contribution in [0.25, 0.3) is 0 Å². The molecule has 1 aliphatic rings. The maximum Gasteiger partial charge on any atom is 0.115 e. The van der Waals surface area contributed by atoms with Crippen LogP contribution in [0.3, 0.4) is 0 Å². The van der Waals surface area contributed by atoms with Gasteiger partial charge in [-0.2, -0.15) is 0 Å². The summed E-state index contributed by atoms with van der Waals surface area (Å²) in [6.45, 7) is 4.29. The van der Waals surface area contributed by atoms with Crippen molar-refractivity contribution in [3.63, 3.8) is 0 Å². The Balaban J connectivity index is 1.36. The molecule has 0 aliphatic carbocycles. The molecule has 1 unspecified atom stereocenters. The van der Waals surface area contributed by atoms with Crippen LogP contribution < -0.4 is 0 Å². The lowest BCUT2D eigenvalue weighted by atomic mass is 9.94. The zero-order valence-electron chi connectivity index (χ0n) is 23.0. The van der Waals surface area contributed by atoms with Crippen LogP contribution in [0.4, 0.5) is 0 Å². The molecule has 5 heteroatoms. The fraction of sp³-hybridized carbons (Fsp3) is 0.314. The Hall–Kier alpha value is -3.32. The molecule has 0 amide bonds. The van der Waals surface area contributed by atoms with Crippen molar-refractivity contribution in [1.82, 2.24) is 0 Å². The van der Waals surface area contributed by atoms with E-state index >= 15 is 0 Å². The fourth-order valence-corrected chi connectivity index (χ4v) is 5.02. The average molecular weight is 539 g/mol. The number of ether oxygens (including phenoxy) is 5. The highest BCUT2D eigenvalue weighted by Crippen LogP contribution is 2.30. The minimum atomic E-state index is -0.392. The summed E-state index contributed by atoms with van der Waals surface area (Å²) in [5, 5.41) is 0. The predicted molar refractivity (Wildman–Crippen MR) is 155 cm³/mol. The lowest BCUT2D eigenvalue weighted by molar-refractivity contribution is -0.269. The zero-order valence-corrected chi connectivity index (χ0v) is 23.0. The van der Waals surface area contributed by atoms with Crippen LogP contribution in [0, 0.1) is 0 Å². The molecule has 40 heavy (non-hydrogen) atoms. The largest absolute Gasteiger partial charge is 0.374 e. The Bertz CT molecular complexity index is 1240. The Kier molecular flexibility index (Phi) is 10.5. The molecule has 5 nitrogen and oxygen atoms in total. The quantitative estimate of drug-likeness (QED) is 0.189. The third kappa shape index (κ3) is 8.10. The van der Waals surface area contributed by atoms with Crippen LogP contribution in [0.5, 0.6) is 0 Å². The van der Waals surface area contributed by atoms with E-state index in [2.05, 4.69) is 48.5 Å². The molecule has 0 aromatic heterocycles. The van der Waals surface area contributed by atoms with Gasteiger partial charge in [-0.3, -0.25) is 0 Å². The normalized spacial score (nSPS) is 22.7. The Morgan fingerprint density at radius 3 is 1.30 bits per heavy atom. The van der Waals surface area contributed by atoms with E-state index in [0.717, 1.165) is 22.3 Å². The third-order valence-corrected chi connectivity index (χ3v) is 7.12. The second-order valence-electron chi connectivity index (χ2n) is 10.2. The van der Waals surface area contributed by atoms with Crippen LogP contribution >= 0.6 is 0 Å². The molecule has 5 atom stereocenters. The topological polar surface area (TPSA) is 46.2 Å². The summed E-state index contributed by atoms with van der Waals surface area (Å²) >= 11 is 0. The first-order chi connectivity index (χ1) is 19.8. The van der Waals surface area contributed by atoms with Gasteiger partial charge >= 0.3 is 0 Å². The first-order valence-electron chi connectivity index (χ1n) is 14.0. The summed E-state index contributed by atoms with van der Waals surface area (Å²) in [6, 6.07) is 40.8. The highest BCUT2D eigenvalue weighted by atomic mass is 16.6. The standard InChI is InChI=1S/C35H38O5/c1-27-33(37-23-29-16-8-3-9-17-29)35(39-25-31-20-12-5-13-21-31)34(38-24-30-18-10-4-11-19-30)32(40-27)26-36-22-28-14-6-2-7-15-28/h2-21,27,32-35H,22-26H2,1H3/t27?,32-,33+,34+,35-/m1/s1. The van der Waals surface area contributed by atoms with Crippen molar-refractivity contribution in [1.29, 1.82) is 0 Å². The fourth-order valence-electron chi connectivity index (χ4n) is 5.02. The molecular weight excluding hydrogens is 500 g/mol. The van der Waals surface area contributed by atoms with E-state index in [0.29, 0.717) is 33.0 Å². The molecule has 208 valence electrons. The van der Waals surface area contributed by atoms with Gasteiger partial charge < -0.3 is 23.7 Å². The minimum Gasteiger partial charge on any atom is -0.374 e. The van der Waals surface area contributed by atoms with Gasteiger partial charge in [0.25, 0.3) is 0 Å². The number of benzene rings is 4. The van der Waals surface area contributed by atoms with Crippen LogP contribution in [0.15, 0.2) is 121 Å². The molecule has 4 aromatic carbocycles. The van der Waals surface area contributed by atoms with E-state index < -0.39 is 6.10 Å². The molecule has 0 saturated carbocycles. The van der Waals surface area contributed by atoms with Crippen molar-refractivity contribution in [2.75, 3.05) is 6.61 Å². The third-order valence-electron chi connectivity index (χ3n) is 7.12. The first-order valence-corrected chi connectivity index (χ1v) is 14.0. The average Bonchev–Trinajstić information content (AvgIpc) is 3.01. The van der Waals surface area contributed by atoms with E-state index in [1.54, 1.807) is 0 Å². The molecule has 1 aliphatic heterocycles. The molecule has 5 rings (SSSR count). The lowest BCUT2D eigenvalue weighted by Crippen LogP contribution is -2.60. The second kappa shape index (κ2) is 14.9. The molecular formula is C35H38O5. The van der Waals surface area contributed by atoms with Crippen LogP contribution in [-0.4, -0.2) is 37.1 Å². The molecule has 0 spiro atoms. The summed E-state index contributed by atoms with van der Waals surface area (Å²) in [5.74, 6) is 0. The summed E-state index contributed by atoms with van der Waals surface area (Å²) in [5.41, 5.74) is 4.41. The summed E-state index contributed by atoms with van der Waals surface area (Å²) < 4.78 is 32.5. The first kappa shape index (κ1) is 28.2. The molecule has 0 bridgehead atoms. The number of hydrogen-bond donors (Lipinski definition) is 0. The van der Waals surface area contributed by atoms with Crippen LogP contribution in [0.1, 0.15) is 29.2 Å². The molecule has 1 heterocycles. The van der Waals surface area contributed by atoms with Crippen LogP contribution in [-0.2, 0) is 50.1 Å². The van der Waals surface area contributed by atoms with Crippen molar-refractivity contribution >= 4 is 0 Å². The maximum absolute atomic E-state index is 6.65.